The number of methoxy groups -OCH3 is 1. The monoisotopic (exact) mass is 1320 g/mol. The van der Waals surface area contributed by atoms with E-state index in [0.29, 0.717) is 17.1 Å². The number of nitrogens with zero attached hydrogens (tertiary/aromatic N) is 4. The second-order valence-electron chi connectivity index (χ2n) is 25.0. The van der Waals surface area contributed by atoms with Crippen molar-refractivity contribution in [3.05, 3.63) is 135 Å². The Bertz CT molecular complexity index is 3440. The van der Waals surface area contributed by atoms with Gasteiger partial charge in [0.15, 0.2) is 5.72 Å². The molecular weight excluding hydrogens is 1230 g/mol. The highest BCUT2D eigenvalue weighted by atomic mass is 35.5. The standard InChI is InChI=1S/C69H88ClN7O17/c1-41-16-15-21-57(87-10)69(86)36-56(92-66(84)73-69)43(3)63-68(5,94-63)58(35-61(81)76(8)55-32-45(30-41)31-42(2)62(55)70)93-65(83)44(4)75(7)60(80)24-26-88-28-29-89-27-25-72-64(82)47(34-59(71)79)33-49(78)23-22-46-38-90-39-48(46)37-74(6)77(9)67(85)91-40-54-52-19-13-11-17-50(52)51-18-12-14-20-53(51)54/h11-21,31-32,38-39,43-44,47,54,56-58,63,86H,22-30,33-37,40H2,1-10H3,(H2,71,79)(H,72,82)(H,73,84)/b21-15+,41-16+/t43-,44+,47+,56+,57-,58+,63?,68+,69-/m1/s1. The van der Waals surface area contributed by atoms with Gasteiger partial charge in [-0.2, -0.15) is 0 Å². The molecule has 94 heavy (non-hydrogen) atoms. The molecule has 2 fully saturated rings. The number of ketones is 1. The molecule has 4 bridgehead atoms. The third-order valence-electron chi connectivity index (χ3n) is 18.2. The smallest absolute Gasteiger partial charge is 0.424 e. The summed E-state index contributed by atoms with van der Waals surface area (Å²) < 4.78 is 46.5. The quantitative estimate of drug-likeness (QED) is 0.0158. The van der Waals surface area contributed by atoms with Crippen LogP contribution < -0.4 is 21.3 Å². The summed E-state index contributed by atoms with van der Waals surface area (Å²) >= 11 is 6.84. The number of rotatable bonds is 26. The number of hydrogen-bond acceptors (Lipinski definition) is 18. The summed E-state index contributed by atoms with van der Waals surface area (Å²) in [6.07, 6.45) is 2.79. The van der Waals surface area contributed by atoms with E-state index in [0.717, 1.165) is 50.1 Å². The number of likely N-dealkylation sites (N-methyl/N-ethyl adjacent to an activating group) is 1. The highest BCUT2D eigenvalue weighted by Gasteiger charge is 2.64. The molecule has 4 aromatic rings. The SMILES string of the molecule is CO[C@@H]1/C=C/C=C(\C)Cc2cc(C)c(Cl)c(c2)N(C)C(=O)C[C@H](OC(=O)[C@H](C)N(C)C(=O)CCOCCOCCNC(=O)[C@H](CC(N)=O)CC(=O)CCc2cocc2CN(C)N(C)C(=O)OCC2c3ccccc3-c3ccccc32)[C@]2(C)OC2[C@H](C)[C@@H]2C[C@]1(O)NC(=O)O2. The number of aliphatic hydroxyl groups is 1. The fraction of sp³-hybridized carbons (Fsp3) is 0.507. The number of halogens is 1. The van der Waals surface area contributed by atoms with Crippen molar-refractivity contribution >= 4 is 64.9 Å². The molecule has 0 radical (unpaired) electrons. The Hall–Kier alpha value is -7.97. The molecule has 25 heteroatoms. The van der Waals surface area contributed by atoms with E-state index in [-0.39, 0.29) is 103 Å². The lowest BCUT2D eigenvalue weighted by Crippen LogP contribution is -2.63. The molecule has 6 amide bonds. The summed E-state index contributed by atoms with van der Waals surface area (Å²) in [5.74, 6) is -4.95. The maximum atomic E-state index is 14.4. The first-order valence-corrected chi connectivity index (χ1v) is 32.0. The topological polar surface area (TPSA) is 301 Å². The van der Waals surface area contributed by atoms with E-state index in [1.807, 2.05) is 56.3 Å². The number of hydrazine groups is 1. The van der Waals surface area contributed by atoms with Gasteiger partial charge in [-0.05, 0) is 85.5 Å². The van der Waals surface area contributed by atoms with Crippen molar-refractivity contribution < 1.29 is 81.0 Å². The highest BCUT2D eigenvalue weighted by Crippen LogP contribution is 2.50. The summed E-state index contributed by atoms with van der Waals surface area (Å²) in [5, 5.41) is 20.5. The van der Waals surface area contributed by atoms with Gasteiger partial charge in [0, 0.05) is 91.5 Å². The molecule has 24 nitrogen and oxygen atoms in total. The molecule has 0 saturated carbocycles. The summed E-state index contributed by atoms with van der Waals surface area (Å²) in [7, 11) is 7.80. The molecule has 3 aliphatic heterocycles. The Morgan fingerprint density at radius 2 is 1.60 bits per heavy atom. The average Bonchev–Trinajstić information content (AvgIpc) is 1.57. The number of nitrogens with two attached hydrogens (primary N) is 1. The van der Waals surface area contributed by atoms with Crippen molar-refractivity contribution in [1.82, 2.24) is 25.6 Å². The van der Waals surface area contributed by atoms with Gasteiger partial charge in [0.05, 0.1) is 74.5 Å². The lowest BCUT2D eigenvalue weighted by atomic mass is 9.83. The molecule has 2 saturated heterocycles. The van der Waals surface area contributed by atoms with Crippen LogP contribution in [0.1, 0.15) is 106 Å². The van der Waals surface area contributed by atoms with Crippen molar-refractivity contribution in [1.29, 1.82) is 0 Å². The number of carbonyl (C=O) groups is 8. The maximum Gasteiger partial charge on any atom is 0.424 e. The van der Waals surface area contributed by atoms with Crippen molar-refractivity contribution in [2.45, 2.75) is 140 Å². The molecular formula is C69H88ClN7O17. The first-order chi connectivity index (χ1) is 44.7. The number of hydrogen-bond donors (Lipinski definition) is 4. The number of allylic oxidation sites excluding steroid dienone is 3. The summed E-state index contributed by atoms with van der Waals surface area (Å²) in [6.45, 7) is 9.43. The molecule has 8 rings (SSSR count). The summed E-state index contributed by atoms with van der Waals surface area (Å²) in [6, 6.07) is 18.8. The Labute approximate surface area is 553 Å². The van der Waals surface area contributed by atoms with Crippen molar-refractivity contribution in [3.8, 4) is 11.1 Å². The average molecular weight is 1320 g/mol. The maximum absolute atomic E-state index is 14.4. The predicted octanol–water partition coefficient (Wildman–Crippen LogP) is 7.26. The van der Waals surface area contributed by atoms with Crippen molar-refractivity contribution in [2.75, 3.05) is 79.8 Å². The molecule has 5 N–H and O–H groups in total. The summed E-state index contributed by atoms with van der Waals surface area (Å²) in [5.41, 5.74) is 11.3. The number of Topliss-reactive ketones (excluding diaryl/α,β-unsaturated/α-hetero) is 1. The number of furan rings is 1. The fourth-order valence-electron chi connectivity index (χ4n) is 12.3. The number of amides is 6. The number of aryl methyl sites for hydroxylation is 2. The predicted molar refractivity (Wildman–Crippen MR) is 347 cm³/mol. The molecule has 4 aliphatic rings. The number of nitrogens with one attached hydrogen (secondary N) is 2. The van der Waals surface area contributed by atoms with Gasteiger partial charge in [0.25, 0.3) is 0 Å². The Morgan fingerprint density at radius 1 is 0.926 bits per heavy atom. The normalized spacial score (nSPS) is 23.4. The van der Waals surface area contributed by atoms with E-state index in [9.17, 15) is 43.5 Å². The second kappa shape index (κ2) is 32.0. The van der Waals surface area contributed by atoms with Crippen LogP contribution in [0, 0.1) is 18.8 Å². The molecule has 9 atom stereocenters. The van der Waals surface area contributed by atoms with Crippen LogP contribution in [-0.4, -0.2) is 184 Å². The largest absolute Gasteiger partial charge is 0.472 e. The van der Waals surface area contributed by atoms with E-state index in [4.69, 9.17) is 54.9 Å². The van der Waals surface area contributed by atoms with Gasteiger partial charge in [-0.25, -0.2) is 24.4 Å². The van der Waals surface area contributed by atoms with Gasteiger partial charge in [-0.1, -0.05) is 96.9 Å². The number of alkyl carbamates (subject to hydrolysis) is 1. The van der Waals surface area contributed by atoms with Gasteiger partial charge < -0.3 is 63.5 Å². The molecule has 4 heterocycles. The summed E-state index contributed by atoms with van der Waals surface area (Å²) in [4.78, 5) is 109. The number of carbonyl (C=O) groups excluding carboxylic acids is 8. The van der Waals surface area contributed by atoms with Crippen molar-refractivity contribution in [3.63, 3.8) is 0 Å². The second-order valence-corrected chi connectivity index (χ2v) is 25.3. The molecule has 0 spiro atoms. The molecule has 1 aromatic heterocycles. The zero-order valence-electron chi connectivity index (χ0n) is 55.1. The third kappa shape index (κ3) is 17.7. The molecule has 3 aromatic carbocycles. The number of esters is 1. The van der Waals surface area contributed by atoms with Gasteiger partial charge in [0.2, 0.25) is 23.6 Å². The van der Waals surface area contributed by atoms with Gasteiger partial charge in [-0.3, -0.25) is 29.3 Å². The molecule has 1 aliphatic carbocycles. The van der Waals surface area contributed by atoms with Crippen LogP contribution in [0.25, 0.3) is 11.1 Å². The van der Waals surface area contributed by atoms with Crippen LogP contribution in [0.5, 0.6) is 0 Å². The van der Waals surface area contributed by atoms with Crippen LogP contribution >= 0.6 is 11.6 Å². The van der Waals surface area contributed by atoms with Gasteiger partial charge in [-0.15, -0.1) is 0 Å². The number of anilines is 1. The van der Waals surface area contributed by atoms with E-state index >= 15 is 0 Å². The Balaban J connectivity index is 0.758. The number of primary amides is 1. The lowest BCUT2D eigenvalue weighted by Gasteiger charge is -2.42. The van der Waals surface area contributed by atoms with Crippen LogP contribution in [-0.2, 0) is 81.3 Å². The minimum Gasteiger partial charge on any atom is -0.472 e. The Morgan fingerprint density at radius 3 is 2.28 bits per heavy atom. The van der Waals surface area contributed by atoms with E-state index in [1.54, 1.807) is 58.4 Å². The van der Waals surface area contributed by atoms with Gasteiger partial charge >= 0.3 is 18.2 Å². The number of epoxide rings is 1. The lowest BCUT2D eigenvalue weighted by molar-refractivity contribution is -0.162. The Kier molecular flexibility index (Phi) is 24.4. The fourth-order valence-corrected chi connectivity index (χ4v) is 12.6. The van der Waals surface area contributed by atoms with Gasteiger partial charge in [0.1, 0.15) is 42.3 Å². The number of ether oxygens (including phenoxy) is 7. The van der Waals surface area contributed by atoms with Crippen LogP contribution in [0.4, 0.5) is 15.3 Å². The molecule has 508 valence electrons. The zero-order chi connectivity index (χ0) is 68.2. The number of benzene rings is 3. The zero-order valence-corrected chi connectivity index (χ0v) is 55.9. The minimum atomic E-state index is -1.88. The minimum absolute atomic E-state index is 0.0281. The van der Waals surface area contributed by atoms with E-state index in [1.165, 1.54) is 42.2 Å². The number of fused-ring (bicyclic) bond motifs is 8. The van der Waals surface area contributed by atoms with Crippen LogP contribution in [0.3, 0.4) is 0 Å². The van der Waals surface area contributed by atoms with Crippen molar-refractivity contribution in [2.24, 2.45) is 17.6 Å². The first kappa shape index (κ1) is 71.9. The first-order valence-electron chi connectivity index (χ1n) is 31.6. The van der Waals surface area contributed by atoms with E-state index in [2.05, 4.69) is 34.9 Å². The van der Waals surface area contributed by atoms with Crippen LogP contribution in [0.2, 0.25) is 5.02 Å². The van der Waals surface area contributed by atoms with E-state index < -0.39 is 95.4 Å². The highest BCUT2D eigenvalue weighted by molar-refractivity contribution is 6.34. The third-order valence-corrected chi connectivity index (χ3v) is 18.7. The van der Waals surface area contributed by atoms with Crippen LogP contribution in [0.15, 0.2) is 101 Å². The molecule has 1 unspecified atom stereocenters.